The van der Waals surface area contributed by atoms with Crippen molar-refractivity contribution in [1.29, 1.82) is 0 Å². The number of nitrogens with two attached hydrogens (primary N) is 1. The van der Waals surface area contributed by atoms with Gasteiger partial charge in [0.2, 0.25) is 0 Å². The van der Waals surface area contributed by atoms with E-state index in [9.17, 15) is 0 Å². The van der Waals surface area contributed by atoms with Crippen LogP contribution in [0.1, 0.15) is 32.4 Å². The van der Waals surface area contributed by atoms with E-state index in [-0.39, 0.29) is 18.2 Å². The van der Waals surface area contributed by atoms with Crippen molar-refractivity contribution >= 4 is 15.9 Å². The smallest absolute Gasteiger partial charge is 0.0988 e. The summed E-state index contributed by atoms with van der Waals surface area (Å²) in [6, 6.07) is 7.93. The highest BCUT2D eigenvalue weighted by atomic mass is 79.9. The molecule has 0 heterocycles. The summed E-state index contributed by atoms with van der Waals surface area (Å²) in [6.45, 7) is 7.22. The van der Waals surface area contributed by atoms with Gasteiger partial charge in [-0.2, -0.15) is 0 Å². The highest BCUT2D eigenvalue weighted by Gasteiger charge is 2.21. The molecule has 0 spiro atoms. The van der Waals surface area contributed by atoms with Crippen LogP contribution in [0.5, 0.6) is 0 Å². The number of halogens is 1. The van der Waals surface area contributed by atoms with Gasteiger partial charge in [-0.3, -0.25) is 0 Å². The van der Waals surface area contributed by atoms with Crippen LogP contribution in [0.4, 0.5) is 0 Å². The first-order valence-electron chi connectivity index (χ1n) is 6.29. The highest BCUT2D eigenvalue weighted by Crippen LogP contribution is 2.28. The zero-order valence-electron chi connectivity index (χ0n) is 11.2. The van der Waals surface area contributed by atoms with Crippen LogP contribution < -0.4 is 5.73 Å². The predicted octanol–water partition coefficient (Wildman–Crippen LogP) is 3.28. The molecule has 0 aromatic heterocycles. The molecule has 1 aromatic rings. The molecule has 18 heavy (non-hydrogen) atoms. The maximum atomic E-state index is 6.03. The minimum absolute atomic E-state index is 0.0213. The summed E-state index contributed by atoms with van der Waals surface area (Å²) >= 11 is 3.54. The first-order valence-corrected chi connectivity index (χ1v) is 7.08. The van der Waals surface area contributed by atoms with Gasteiger partial charge in [-0.1, -0.05) is 34.1 Å². The van der Waals surface area contributed by atoms with Gasteiger partial charge in [0.05, 0.1) is 18.8 Å². The summed E-state index contributed by atoms with van der Waals surface area (Å²) in [5.74, 6) is 0. The molecular formula is C14H22BrNO2. The van der Waals surface area contributed by atoms with E-state index in [1.54, 1.807) is 0 Å². The van der Waals surface area contributed by atoms with Crippen LogP contribution in [0.15, 0.2) is 28.7 Å². The van der Waals surface area contributed by atoms with Crippen LogP contribution in [0, 0.1) is 0 Å². The Bertz CT molecular complexity index is 357. The second kappa shape index (κ2) is 7.89. The molecule has 0 aliphatic heterocycles. The van der Waals surface area contributed by atoms with E-state index >= 15 is 0 Å². The molecular weight excluding hydrogens is 294 g/mol. The zero-order valence-corrected chi connectivity index (χ0v) is 12.8. The van der Waals surface area contributed by atoms with Crippen LogP contribution in [0.25, 0.3) is 0 Å². The van der Waals surface area contributed by atoms with E-state index in [2.05, 4.69) is 15.9 Å². The maximum Gasteiger partial charge on any atom is 0.0988 e. The maximum absolute atomic E-state index is 6.03. The highest BCUT2D eigenvalue weighted by molar-refractivity contribution is 9.10. The van der Waals surface area contributed by atoms with Crippen LogP contribution in [0.2, 0.25) is 0 Å². The van der Waals surface area contributed by atoms with Crippen molar-refractivity contribution in [2.45, 2.75) is 39.0 Å². The average Bonchev–Trinajstić information content (AvgIpc) is 2.34. The first kappa shape index (κ1) is 15.6. The summed E-state index contributed by atoms with van der Waals surface area (Å²) in [7, 11) is 0. The van der Waals surface area contributed by atoms with Crippen molar-refractivity contribution in [3.8, 4) is 0 Å². The third-order valence-corrected chi connectivity index (χ3v) is 3.35. The molecule has 0 aliphatic carbocycles. The molecule has 102 valence electrons. The minimum atomic E-state index is -0.129. The molecule has 1 aromatic carbocycles. The number of rotatable bonds is 7. The molecule has 3 unspecified atom stereocenters. The van der Waals surface area contributed by atoms with E-state index in [0.29, 0.717) is 13.2 Å². The van der Waals surface area contributed by atoms with Crippen molar-refractivity contribution in [2.75, 3.05) is 13.2 Å². The molecule has 3 atom stereocenters. The van der Waals surface area contributed by atoms with Crippen LogP contribution >= 0.6 is 15.9 Å². The van der Waals surface area contributed by atoms with Crippen molar-refractivity contribution in [3.05, 3.63) is 34.3 Å². The summed E-state index contributed by atoms with van der Waals surface area (Å²) in [6.07, 6.45) is -0.107. The van der Waals surface area contributed by atoms with Crippen LogP contribution in [-0.4, -0.2) is 25.4 Å². The minimum Gasteiger partial charge on any atom is -0.379 e. The predicted molar refractivity (Wildman–Crippen MR) is 77.6 cm³/mol. The molecule has 4 heteroatoms. The largest absolute Gasteiger partial charge is 0.379 e. The lowest BCUT2D eigenvalue weighted by Crippen LogP contribution is -2.31. The Morgan fingerprint density at radius 3 is 2.50 bits per heavy atom. The molecule has 0 radical (unpaired) electrons. The van der Waals surface area contributed by atoms with Crippen molar-refractivity contribution in [3.63, 3.8) is 0 Å². The fourth-order valence-corrected chi connectivity index (χ4v) is 2.27. The van der Waals surface area contributed by atoms with Crippen molar-refractivity contribution < 1.29 is 9.47 Å². The molecule has 0 saturated heterocycles. The second-order valence-corrected chi connectivity index (χ2v) is 5.26. The SMILES string of the molecule is CCOCC(C)OC(c1ccccc1Br)C(C)N. The van der Waals surface area contributed by atoms with Gasteiger partial charge in [0.1, 0.15) is 0 Å². The number of hydrogen-bond donors (Lipinski definition) is 1. The lowest BCUT2D eigenvalue weighted by Gasteiger charge is -2.26. The second-order valence-electron chi connectivity index (χ2n) is 4.41. The average molecular weight is 316 g/mol. The third kappa shape index (κ3) is 4.69. The first-order chi connectivity index (χ1) is 8.56. The van der Waals surface area contributed by atoms with Crippen LogP contribution in [-0.2, 0) is 9.47 Å². The summed E-state index contributed by atoms with van der Waals surface area (Å²) in [4.78, 5) is 0. The Morgan fingerprint density at radius 2 is 1.94 bits per heavy atom. The van der Waals surface area contributed by atoms with Crippen molar-refractivity contribution in [1.82, 2.24) is 0 Å². The lowest BCUT2D eigenvalue weighted by molar-refractivity contribution is -0.0552. The standard InChI is InChI=1S/C14H22BrNO2/c1-4-17-9-10(2)18-14(11(3)16)12-7-5-6-8-13(12)15/h5-8,10-11,14H,4,9,16H2,1-3H3. The monoisotopic (exact) mass is 315 g/mol. The molecule has 0 fully saturated rings. The molecule has 0 saturated carbocycles. The molecule has 0 amide bonds. The molecule has 3 nitrogen and oxygen atoms in total. The lowest BCUT2D eigenvalue weighted by atomic mass is 10.0. The van der Waals surface area contributed by atoms with Gasteiger partial charge < -0.3 is 15.2 Å². The summed E-state index contributed by atoms with van der Waals surface area (Å²) < 4.78 is 12.4. The Hall–Kier alpha value is -0.420. The van der Waals surface area contributed by atoms with Crippen LogP contribution in [0.3, 0.4) is 0 Å². The van der Waals surface area contributed by atoms with Gasteiger partial charge in [0.15, 0.2) is 0 Å². The van der Waals surface area contributed by atoms with E-state index in [0.717, 1.165) is 10.0 Å². The zero-order chi connectivity index (χ0) is 13.5. The molecule has 0 aliphatic rings. The van der Waals surface area contributed by atoms with Gasteiger partial charge in [-0.05, 0) is 32.4 Å². The number of ether oxygens (including phenoxy) is 2. The Morgan fingerprint density at radius 1 is 1.28 bits per heavy atom. The van der Waals surface area contributed by atoms with Crippen molar-refractivity contribution in [2.24, 2.45) is 5.73 Å². The quantitative estimate of drug-likeness (QED) is 0.839. The molecule has 2 N–H and O–H groups in total. The third-order valence-electron chi connectivity index (χ3n) is 2.62. The Kier molecular flexibility index (Phi) is 6.86. The van der Waals surface area contributed by atoms with Gasteiger partial charge in [-0.15, -0.1) is 0 Å². The Labute approximate surface area is 118 Å². The summed E-state index contributed by atoms with van der Waals surface area (Å²) in [5, 5.41) is 0. The van der Waals surface area contributed by atoms with E-state index < -0.39 is 0 Å². The topological polar surface area (TPSA) is 44.5 Å². The molecule has 0 bridgehead atoms. The van der Waals surface area contributed by atoms with Gasteiger partial charge in [0.25, 0.3) is 0 Å². The molecule has 1 rings (SSSR count). The van der Waals surface area contributed by atoms with Gasteiger partial charge in [0, 0.05) is 17.1 Å². The fraction of sp³-hybridized carbons (Fsp3) is 0.571. The number of benzene rings is 1. The summed E-state index contributed by atoms with van der Waals surface area (Å²) in [5.41, 5.74) is 7.11. The van der Waals surface area contributed by atoms with Gasteiger partial charge >= 0.3 is 0 Å². The Balaban J connectivity index is 2.75. The van der Waals surface area contributed by atoms with E-state index in [4.69, 9.17) is 15.2 Å². The fourth-order valence-electron chi connectivity index (χ4n) is 1.76. The van der Waals surface area contributed by atoms with E-state index in [1.165, 1.54) is 0 Å². The normalized spacial score (nSPS) is 16.3. The van der Waals surface area contributed by atoms with E-state index in [1.807, 2.05) is 45.0 Å². The van der Waals surface area contributed by atoms with Gasteiger partial charge in [-0.25, -0.2) is 0 Å². The number of hydrogen-bond acceptors (Lipinski definition) is 3.